The number of halogens is 1. The summed E-state index contributed by atoms with van der Waals surface area (Å²) >= 11 is 6.07. The van der Waals surface area contributed by atoms with Crippen molar-refractivity contribution in [3.63, 3.8) is 0 Å². The molecule has 5 nitrogen and oxygen atoms in total. The Balaban J connectivity index is 1.64. The molecule has 0 spiro atoms. The zero-order chi connectivity index (χ0) is 15.7. The van der Waals surface area contributed by atoms with E-state index in [9.17, 15) is 9.59 Å². The number of amides is 3. The van der Waals surface area contributed by atoms with Gasteiger partial charge >= 0.3 is 6.03 Å². The molecular weight excluding hydrogens is 302 g/mol. The number of hydrogen-bond donors (Lipinski definition) is 2. The smallest absolute Gasteiger partial charge is 0.322 e. The lowest BCUT2D eigenvalue weighted by Crippen LogP contribution is -2.48. The lowest BCUT2D eigenvalue weighted by atomic mass is 10.2. The Morgan fingerprint density at radius 1 is 1.27 bits per heavy atom. The van der Waals surface area contributed by atoms with Crippen LogP contribution in [0.2, 0.25) is 5.02 Å². The van der Waals surface area contributed by atoms with Gasteiger partial charge in [-0.25, -0.2) is 4.79 Å². The van der Waals surface area contributed by atoms with Crippen molar-refractivity contribution in [3.8, 4) is 0 Å². The molecule has 3 amide bonds. The molecule has 22 heavy (non-hydrogen) atoms. The minimum atomic E-state index is -0.360. The maximum absolute atomic E-state index is 12.4. The fourth-order valence-electron chi connectivity index (χ4n) is 2.67. The average Bonchev–Trinajstić information content (AvgIpc) is 3.15. The number of carbonyl (C=O) groups excluding carboxylic acids is 2. The Morgan fingerprint density at radius 3 is 2.73 bits per heavy atom. The van der Waals surface area contributed by atoms with E-state index >= 15 is 0 Å². The molecule has 1 saturated heterocycles. The van der Waals surface area contributed by atoms with Crippen molar-refractivity contribution in [2.24, 2.45) is 0 Å². The molecule has 1 aromatic carbocycles. The van der Waals surface area contributed by atoms with Crippen molar-refractivity contribution in [3.05, 3.63) is 28.8 Å². The van der Waals surface area contributed by atoms with Gasteiger partial charge < -0.3 is 15.5 Å². The zero-order valence-corrected chi connectivity index (χ0v) is 13.3. The van der Waals surface area contributed by atoms with Gasteiger partial charge in [-0.3, -0.25) is 4.79 Å². The minimum Gasteiger partial charge on any atom is -0.352 e. The van der Waals surface area contributed by atoms with E-state index < -0.39 is 0 Å². The van der Waals surface area contributed by atoms with Crippen molar-refractivity contribution < 1.29 is 9.59 Å². The molecule has 118 valence electrons. The fourth-order valence-corrected chi connectivity index (χ4v) is 2.85. The molecule has 1 heterocycles. The Kier molecular flexibility index (Phi) is 4.25. The van der Waals surface area contributed by atoms with Crippen LogP contribution in [-0.4, -0.2) is 35.5 Å². The number of carbonyl (C=O) groups is 2. The lowest BCUT2D eigenvalue weighted by molar-refractivity contribution is -0.124. The van der Waals surface area contributed by atoms with Crippen LogP contribution in [0.3, 0.4) is 0 Å². The van der Waals surface area contributed by atoms with Gasteiger partial charge in [0.2, 0.25) is 5.91 Å². The second kappa shape index (κ2) is 6.16. The first-order valence-electron chi connectivity index (χ1n) is 7.69. The normalized spacial score (nSPS) is 20.8. The predicted molar refractivity (Wildman–Crippen MR) is 86.1 cm³/mol. The van der Waals surface area contributed by atoms with E-state index in [1.165, 1.54) is 0 Å². The molecule has 1 aliphatic carbocycles. The van der Waals surface area contributed by atoms with Gasteiger partial charge in [-0.05, 0) is 50.3 Å². The van der Waals surface area contributed by atoms with Crippen LogP contribution >= 0.6 is 11.6 Å². The molecule has 2 aliphatic rings. The first-order valence-corrected chi connectivity index (χ1v) is 8.06. The number of anilines is 1. The summed E-state index contributed by atoms with van der Waals surface area (Å²) in [6, 6.07) is 5.11. The monoisotopic (exact) mass is 321 g/mol. The van der Waals surface area contributed by atoms with Crippen molar-refractivity contribution in [2.45, 2.75) is 44.7 Å². The van der Waals surface area contributed by atoms with Gasteiger partial charge in [-0.15, -0.1) is 0 Å². The van der Waals surface area contributed by atoms with E-state index in [4.69, 9.17) is 11.6 Å². The third-order valence-corrected chi connectivity index (χ3v) is 4.57. The van der Waals surface area contributed by atoms with Crippen molar-refractivity contribution in [1.29, 1.82) is 0 Å². The molecule has 1 aliphatic heterocycles. The van der Waals surface area contributed by atoms with Crippen molar-refractivity contribution >= 4 is 29.2 Å². The number of benzene rings is 1. The number of aryl methyl sites for hydroxylation is 1. The molecule has 0 radical (unpaired) electrons. The summed E-state index contributed by atoms with van der Waals surface area (Å²) in [5.41, 5.74) is 1.61. The summed E-state index contributed by atoms with van der Waals surface area (Å²) in [7, 11) is 0. The molecule has 6 heteroatoms. The van der Waals surface area contributed by atoms with E-state index in [2.05, 4.69) is 10.6 Å². The van der Waals surface area contributed by atoms with Gasteiger partial charge in [-0.1, -0.05) is 17.7 Å². The van der Waals surface area contributed by atoms with Crippen LogP contribution in [0.5, 0.6) is 0 Å². The number of rotatable bonds is 3. The highest BCUT2D eigenvalue weighted by molar-refractivity contribution is 6.31. The van der Waals surface area contributed by atoms with Gasteiger partial charge in [-0.2, -0.15) is 0 Å². The molecule has 3 rings (SSSR count). The number of likely N-dealkylation sites (tertiary alicyclic amines) is 1. The molecule has 1 unspecified atom stereocenters. The van der Waals surface area contributed by atoms with Crippen molar-refractivity contribution in [1.82, 2.24) is 10.2 Å². The predicted octanol–water partition coefficient (Wildman–Crippen LogP) is 2.92. The third-order valence-electron chi connectivity index (χ3n) is 4.16. The largest absolute Gasteiger partial charge is 0.352 e. The van der Waals surface area contributed by atoms with Crippen LogP contribution in [0.1, 0.15) is 31.2 Å². The number of nitrogens with one attached hydrogen (secondary N) is 2. The van der Waals surface area contributed by atoms with Gasteiger partial charge in [0, 0.05) is 23.3 Å². The quantitative estimate of drug-likeness (QED) is 0.899. The Hall–Kier alpha value is -1.75. The standard InChI is InChI=1S/C16H20ClN3O2/c1-10-4-5-12(9-13(10)17)19-16(22)20-8-2-3-14(20)15(21)18-11-6-7-11/h4-5,9,11,14H,2-3,6-8H2,1H3,(H,18,21)(H,19,22). The van der Waals surface area contributed by atoms with E-state index in [-0.39, 0.29) is 18.0 Å². The summed E-state index contributed by atoms with van der Waals surface area (Å²) in [5, 5.41) is 6.42. The summed E-state index contributed by atoms with van der Waals surface area (Å²) in [5.74, 6) is -0.0305. The second-order valence-electron chi connectivity index (χ2n) is 6.03. The first kappa shape index (κ1) is 15.2. The van der Waals surface area contributed by atoms with Gasteiger partial charge in [0.25, 0.3) is 0 Å². The van der Waals surface area contributed by atoms with Crippen LogP contribution < -0.4 is 10.6 Å². The van der Waals surface area contributed by atoms with E-state index in [1.807, 2.05) is 19.1 Å². The molecular formula is C16H20ClN3O2. The number of hydrogen-bond acceptors (Lipinski definition) is 2. The molecule has 1 atom stereocenters. The van der Waals surface area contributed by atoms with E-state index in [1.54, 1.807) is 11.0 Å². The summed E-state index contributed by atoms with van der Waals surface area (Å²) in [6.45, 7) is 2.51. The fraction of sp³-hybridized carbons (Fsp3) is 0.500. The summed E-state index contributed by atoms with van der Waals surface area (Å²) in [6.07, 6.45) is 3.67. The highest BCUT2D eigenvalue weighted by Gasteiger charge is 2.36. The Bertz CT molecular complexity index is 601. The van der Waals surface area contributed by atoms with Gasteiger partial charge in [0.15, 0.2) is 0 Å². The molecule has 2 fully saturated rings. The van der Waals surface area contributed by atoms with E-state index in [0.717, 1.165) is 31.2 Å². The molecule has 0 aromatic heterocycles. The Morgan fingerprint density at radius 2 is 2.05 bits per heavy atom. The Labute approximate surface area is 135 Å². The average molecular weight is 322 g/mol. The third kappa shape index (κ3) is 3.35. The number of nitrogens with zero attached hydrogens (tertiary/aromatic N) is 1. The van der Waals surface area contributed by atoms with E-state index in [0.29, 0.717) is 23.3 Å². The minimum absolute atomic E-state index is 0.0305. The number of urea groups is 1. The molecule has 1 aromatic rings. The molecule has 0 bridgehead atoms. The van der Waals surface area contributed by atoms with Crippen LogP contribution in [0.4, 0.5) is 10.5 Å². The van der Waals surface area contributed by atoms with Gasteiger partial charge in [0.1, 0.15) is 6.04 Å². The summed E-state index contributed by atoms with van der Waals surface area (Å²) < 4.78 is 0. The van der Waals surface area contributed by atoms with Crippen LogP contribution in [0.15, 0.2) is 18.2 Å². The van der Waals surface area contributed by atoms with Crippen molar-refractivity contribution in [2.75, 3.05) is 11.9 Å². The van der Waals surface area contributed by atoms with Crippen LogP contribution in [0.25, 0.3) is 0 Å². The van der Waals surface area contributed by atoms with Crippen LogP contribution in [-0.2, 0) is 4.79 Å². The molecule has 1 saturated carbocycles. The maximum Gasteiger partial charge on any atom is 0.322 e. The lowest BCUT2D eigenvalue weighted by Gasteiger charge is -2.24. The molecule has 2 N–H and O–H groups in total. The SMILES string of the molecule is Cc1ccc(NC(=O)N2CCCC2C(=O)NC2CC2)cc1Cl. The second-order valence-corrected chi connectivity index (χ2v) is 6.44. The zero-order valence-electron chi connectivity index (χ0n) is 12.6. The highest BCUT2D eigenvalue weighted by Crippen LogP contribution is 2.24. The van der Waals surface area contributed by atoms with Gasteiger partial charge in [0.05, 0.1) is 0 Å². The first-order chi connectivity index (χ1) is 10.5. The summed E-state index contributed by atoms with van der Waals surface area (Å²) in [4.78, 5) is 26.2. The topological polar surface area (TPSA) is 61.4 Å². The maximum atomic E-state index is 12.4. The van der Waals surface area contributed by atoms with Crippen LogP contribution in [0, 0.1) is 6.92 Å². The highest BCUT2D eigenvalue weighted by atomic mass is 35.5.